The fourth-order valence-electron chi connectivity index (χ4n) is 3.00. The van der Waals surface area contributed by atoms with Gasteiger partial charge in [0.25, 0.3) is 0 Å². The second kappa shape index (κ2) is 7.55. The lowest BCUT2D eigenvalue weighted by atomic mass is 10.1. The van der Waals surface area contributed by atoms with E-state index >= 15 is 0 Å². The molecule has 0 fully saturated rings. The van der Waals surface area contributed by atoms with Gasteiger partial charge < -0.3 is 23.4 Å². The highest BCUT2D eigenvalue weighted by atomic mass is 16.5. The number of hydrogen-bond acceptors (Lipinski definition) is 6. The van der Waals surface area contributed by atoms with Crippen LogP contribution in [0.25, 0.3) is 23.9 Å². The summed E-state index contributed by atoms with van der Waals surface area (Å²) in [4.78, 5) is 15.5. The highest BCUT2D eigenvalue weighted by Crippen LogP contribution is 2.24. The van der Waals surface area contributed by atoms with Gasteiger partial charge in [-0.25, -0.2) is 4.79 Å². The first-order chi connectivity index (χ1) is 14.1. The van der Waals surface area contributed by atoms with Crippen LogP contribution in [0.5, 0.6) is 11.5 Å². The van der Waals surface area contributed by atoms with Crippen LogP contribution < -0.4 is 25.9 Å². The molecular weight excluding hydrogens is 372 g/mol. The van der Waals surface area contributed by atoms with Crippen molar-refractivity contribution in [3.63, 3.8) is 0 Å². The van der Waals surface area contributed by atoms with Gasteiger partial charge >= 0.3 is 5.63 Å². The van der Waals surface area contributed by atoms with Crippen molar-refractivity contribution in [2.45, 2.75) is 0 Å². The van der Waals surface area contributed by atoms with Gasteiger partial charge in [0.05, 0.1) is 14.2 Å². The summed E-state index contributed by atoms with van der Waals surface area (Å²) >= 11 is 0. The zero-order valence-electron chi connectivity index (χ0n) is 15.9. The lowest BCUT2D eigenvalue weighted by molar-refractivity contribution is 0.393. The van der Waals surface area contributed by atoms with Crippen LogP contribution in [0, 0.1) is 10.8 Å². The molecule has 2 aromatic heterocycles. The van der Waals surface area contributed by atoms with E-state index in [0.717, 1.165) is 5.56 Å². The minimum atomic E-state index is -0.530. The van der Waals surface area contributed by atoms with Crippen molar-refractivity contribution in [3.8, 4) is 22.8 Å². The number of benzene rings is 2. The quantitative estimate of drug-likeness (QED) is 0.574. The number of nitrogens with zero attached hydrogens (tertiary/aromatic N) is 1. The molecular formula is C22H18N2O5. The molecule has 0 saturated heterocycles. The molecule has 4 aromatic rings. The standard InChI is InChI=1S/C22H18N2O5/c1-13-19(20(24-29-13)14-7-5-4-6-8-14)21-23-17(22(25)28-21)11-15-9-10-16(26-2)12-18(15)27-3/h4-12,23H,1H2,2-3H3/b17-11-,21-19?. The van der Waals surface area contributed by atoms with E-state index in [2.05, 4.69) is 16.7 Å². The van der Waals surface area contributed by atoms with Crippen molar-refractivity contribution in [2.75, 3.05) is 14.2 Å². The zero-order chi connectivity index (χ0) is 20.4. The maximum atomic E-state index is 12.5. The van der Waals surface area contributed by atoms with Crippen LogP contribution in [-0.2, 0) is 0 Å². The summed E-state index contributed by atoms with van der Waals surface area (Å²) in [5.41, 5.74) is 2.03. The molecule has 7 heteroatoms. The predicted octanol–water partition coefficient (Wildman–Crippen LogP) is 2.17. The fraction of sp³-hybridized carbons (Fsp3) is 0.0909. The molecule has 0 unspecified atom stereocenters. The van der Waals surface area contributed by atoms with Crippen molar-refractivity contribution in [2.24, 2.45) is 0 Å². The minimum absolute atomic E-state index is 0.221. The summed E-state index contributed by atoms with van der Waals surface area (Å²) in [5, 5.41) is 4.82. The van der Waals surface area contributed by atoms with Gasteiger partial charge in [0.1, 0.15) is 27.8 Å². The maximum absolute atomic E-state index is 12.5. The van der Waals surface area contributed by atoms with Gasteiger partial charge in [0.15, 0.2) is 5.42 Å². The molecule has 146 valence electrons. The van der Waals surface area contributed by atoms with Gasteiger partial charge in [-0.3, -0.25) is 0 Å². The van der Waals surface area contributed by atoms with Crippen LogP contribution in [-0.4, -0.2) is 24.4 Å². The Morgan fingerprint density at radius 3 is 2.62 bits per heavy atom. The molecule has 0 aliphatic carbocycles. The molecule has 0 radical (unpaired) electrons. The van der Waals surface area contributed by atoms with Crippen molar-refractivity contribution >= 4 is 12.7 Å². The third-order valence-electron chi connectivity index (χ3n) is 4.44. The molecule has 0 atom stereocenters. The predicted molar refractivity (Wildman–Crippen MR) is 107 cm³/mol. The number of methoxy groups -OCH3 is 2. The van der Waals surface area contributed by atoms with E-state index in [9.17, 15) is 4.79 Å². The Kier molecular flexibility index (Phi) is 4.78. The van der Waals surface area contributed by atoms with Crippen LogP contribution in [0.1, 0.15) is 5.56 Å². The number of oxazole rings is 1. The van der Waals surface area contributed by atoms with Crippen LogP contribution in [0.2, 0.25) is 0 Å². The molecule has 2 heterocycles. The van der Waals surface area contributed by atoms with Crippen molar-refractivity contribution < 1.29 is 18.4 Å². The number of rotatable bonds is 4. The minimum Gasteiger partial charge on any atom is -0.497 e. The number of aromatic amines is 1. The Balaban J connectivity index is 1.96. The Morgan fingerprint density at radius 1 is 1.10 bits per heavy atom. The normalized spacial score (nSPS) is 12.8. The lowest BCUT2D eigenvalue weighted by Crippen LogP contribution is -2.20. The van der Waals surface area contributed by atoms with Crippen molar-refractivity contribution in [1.29, 1.82) is 0 Å². The van der Waals surface area contributed by atoms with Gasteiger partial charge in [-0.15, -0.1) is 0 Å². The van der Waals surface area contributed by atoms with E-state index < -0.39 is 5.63 Å². The van der Waals surface area contributed by atoms with E-state index in [4.69, 9.17) is 18.4 Å². The summed E-state index contributed by atoms with van der Waals surface area (Å²) in [6.45, 7) is 3.86. The molecule has 7 nitrogen and oxygen atoms in total. The Labute approximate surface area is 164 Å². The van der Waals surface area contributed by atoms with Crippen molar-refractivity contribution in [3.05, 3.63) is 86.0 Å². The van der Waals surface area contributed by atoms with Crippen LogP contribution in [0.15, 0.2) is 62.3 Å². The summed E-state index contributed by atoms with van der Waals surface area (Å²) in [6, 6.07) is 14.7. The average molecular weight is 390 g/mol. The van der Waals surface area contributed by atoms with Crippen LogP contribution >= 0.6 is 0 Å². The van der Waals surface area contributed by atoms with E-state index in [1.54, 1.807) is 38.5 Å². The smallest absolute Gasteiger partial charge is 0.361 e. The third kappa shape index (κ3) is 3.45. The molecule has 29 heavy (non-hydrogen) atoms. The molecule has 4 rings (SSSR count). The van der Waals surface area contributed by atoms with Gasteiger partial charge in [-0.1, -0.05) is 42.1 Å². The first kappa shape index (κ1) is 18.4. The molecule has 0 bridgehead atoms. The van der Waals surface area contributed by atoms with Gasteiger partial charge in [-0.2, -0.15) is 0 Å². The number of H-pyrrole nitrogens is 1. The number of nitrogens with one attached hydrogen (secondary N) is 1. The summed E-state index contributed by atoms with van der Waals surface area (Å²) < 4.78 is 21.3. The first-order valence-corrected chi connectivity index (χ1v) is 8.78. The van der Waals surface area contributed by atoms with Gasteiger partial charge in [0.2, 0.25) is 5.55 Å². The van der Waals surface area contributed by atoms with Crippen molar-refractivity contribution in [1.82, 2.24) is 10.1 Å². The molecule has 2 aromatic carbocycles. The molecule has 0 spiro atoms. The highest BCUT2D eigenvalue weighted by Gasteiger charge is 2.10. The summed E-state index contributed by atoms with van der Waals surface area (Å²) in [7, 11) is 3.12. The number of hydrogen-bond donors (Lipinski definition) is 1. The molecule has 1 N–H and O–H groups in total. The number of ether oxygens (including phenoxy) is 2. The second-order valence-corrected chi connectivity index (χ2v) is 6.20. The first-order valence-electron chi connectivity index (χ1n) is 8.78. The monoisotopic (exact) mass is 390 g/mol. The summed E-state index contributed by atoms with van der Waals surface area (Å²) in [6.07, 6.45) is 1.64. The maximum Gasteiger partial charge on any atom is 0.361 e. The highest BCUT2D eigenvalue weighted by molar-refractivity contribution is 5.59. The van der Waals surface area contributed by atoms with E-state index in [-0.39, 0.29) is 10.9 Å². The lowest BCUT2D eigenvalue weighted by Gasteiger charge is -2.06. The molecule has 0 aliphatic heterocycles. The average Bonchev–Trinajstić information content (AvgIpc) is 3.31. The van der Waals surface area contributed by atoms with E-state index in [1.165, 1.54) is 0 Å². The Hall–Kier alpha value is -4.00. The SMILES string of the molecule is C=c1onc(-c2ccccc2)c1=c1[nH]/c(=C\c2ccc(OC)cc2OC)c(=O)o1. The van der Waals surface area contributed by atoms with E-state index in [1.807, 2.05) is 30.3 Å². The zero-order valence-corrected chi connectivity index (χ0v) is 15.9. The topological polar surface area (TPSA) is 90.5 Å². The number of aromatic nitrogens is 2. The van der Waals surface area contributed by atoms with Gasteiger partial charge in [-0.05, 0) is 18.2 Å². The summed E-state index contributed by atoms with van der Waals surface area (Å²) in [5.74, 6) is 1.21. The molecule has 0 amide bonds. The van der Waals surface area contributed by atoms with Crippen LogP contribution in [0.4, 0.5) is 0 Å². The second-order valence-electron chi connectivity index (χ2n) is 6.20. The van der Waals surface area contributed by atoms with Crippen LogP contribution in [0.3, 0.4) is 0 Å². The Bertz CT molecular complexity index is 1410. The van der Waals surface area contributed by atoms with E-state index in [0.29, 0.717) is 33.4 Å². The largest absolute Gasteiger partial charge is 0.497 e. The fourth-order valence-corrected chi connectivity index (χ4v) is 3.00. The Morgan fingerprint density at radius 2 is 1.90 bits per heavy atom. The third-order valence-corrected chi connectivity index (χ3v) is 4.44. The van der Waals surface area contributed by atoms with Gasteiger partial charge in [0, 0.05) is 17.2 Å². The molecule has 0 saturated carbocycles. The molecule has 0 aliphatic rings.